The minimum Gasteiger partial charge on any atom is -0.493 e. The first kappa shape index (κ1) is 31.2. The first-order chi connectivity index (χ1) is 18.4. The van der Waals surface area contributed by atoms with Crippen LogP contribution < -0.4 is 14.8 Å². The predicted octanol–water partition coefficient (Wildman–Crippen LogP) is 5.93. The van der Waals surface area contributed by atoms with Crippen LogP contribution in [0.1, 0.15) is 30.9 Å². The topological polar surface area (TPSA) is 116 Å². The fraction of sp³-hybridized carbons (Fsp3) is 0.360. The van der Waals surface area contributed by atoms with Crippen LogP contribution in [0.25, 0.3) is 0 Å². The monoisotopic (exact) mass is 573 g/mol. The summed E-state index contributed by atoms with van der Waals surface area (Å²) >= 11 is 4.60. The number of hydrogen-bond donors (Lipinski definition) is 1. The van der Waals surface area contributed by atoms with Gasteiger partial charge in [-0.25, -0.2) is 14.6 Å². The minimum atomic E-state index is -4.89. The van der Waals surface area contributed by atoms with Gasteiger partial charge in [0.05, 0.1) is 33.6 Å². The van der Waals surface area contributed by atoms with Crippen molar-refractivity contribution in [2.45, 2.75) is 32.7 Å². The lowest BCUT2D eigenvalue weighted by molar-refractivity contribution is -0.275. The lowest BCUT2D eigenvalue weighted by Crippen LogP contribution is -2.36. The molecule has 0 saturated heterocycles. The minimum absolute atomic E-state index is 0.0703. The van der Waals surface area contributed by atoms with Crippen molar-refractivity contribution in [2.24, 2.45) is 11.0 Å². The van der Waals surface area contributed by atoms with Gasteiger partial charge in [0.25, 0.3) is 0 Å². The molecule has 212 valence electrons. The summed E-state index contributed by atoms with van der Waals surface area (Å²) in [7, 11) is 3.72. The zero-order valence-electron chi connectivity index (χ0n) is 21.5. The summed E-state index contributed by atoms with van der Waals surface area (Å²) in [5.74, 6) is -1.02. The maximum Gasteiger partial charge on any atom is 0.573 e. The highest BCUT2D eigenvalue weighted by Crippen LogP contribution is 2.35. The van der Waals surface area contributed by atoms with Gasteiger partial charge in [0, 0.05) is 35.2 Å². The molecule has 2 amide bonds. The zero-order valence-corrected chi connectivity index (χ0v) is 22.3. The van der Waals surface area contributed by atoms with Crippen molar-refractivity contribution in [1.82, 2.24) is 5.01 Å². The highest BCUT2D eigenvalue weighted by molar-refractivity contribution is 6.61. The van der Waals surface area contributed by atoms with E-state index in [1.165, 1.54) is 38.5 Å². The molecule has 0 aliphatic carbocycles. The van der Waals surface area contributed by atoms with E-state index in [-0.39, 0.29) is 30.5 Å². The number of hydrogen-bond acceptors (Lipinski definition) is 8. The Morgan fingerprint density at radius 2 is 1.72 bits per heavy atom. The smallest absolute Gasteiger partial charge is 0.493 e. The van der Waals surface area contributed by atoms with E-state index in [1.54, 1.807) is 30.3 Å². The standard InChI is InChI=1S/C23H24F3N3O5.C2H3ClO2/c1-4-15-12-20(30)29(13-14-5-8-17(9-6-14)27-22(31)33-3)28-21(15)16-7-10-18(32-2)19(11-16)34-23(24,25)26;1-5-2(3)4/h5-11,15H,4,12-13H2,1-3H3,(H,27,31);1H3. The van der Waals surface area contributed by atoms with Crippen molar-refractivity contribution in [1.29, 1.82) is 0 Å². The van der Waals surface area contributed by atoms with E-state index >= 15 is 0 Å². The van der Waals surface area contributed by atoms with Crippen molar-refractivity contribution in [2.75, 3.05) is 26.6 Å². The van der Waals surface area contributed by atoms with Gasteiger partial charge >= 0.3 is 17.9 Å². The van der Waals surface area contributed by atoms with Gasteiger partial charge < -0.3 is 18.9 Å². The fourth-order valence-electron chi connectivity index (χ4n) is 3.51. The van der Waals surface area contributed by atoms with Gasteiger partial charge in [0.2, 0.25) is 5.91 Å². The number of alkyl halides is 3. The van der Waals surface area contributed by atoms with E-state index in [0.717, 1.165) is 5.56 Å². The average Bonchev–Trinajstić information content (AvgIpc) is 2.89. The number of benzene rings is 2. The Bertz CT molecular complexity index is 1190. The maximum absolute atomic E-state index is 12.9. The molecule has 2 aromatic carbocycles. The van der Waals surface area contributed by atoms with Crippen molar-refractivity contribution < 1.29 is 46.5 Å². The molecular weight excluding hydrogens is 547 g/mol. The van der Waals surface area contributed by atoms with Crippen LogP contribution in [0.5, 0.6) is 11.5 Å². The molecule has 2 aromatic rings. The van der Waals surface area contributed by atoms with E-state index in [4.69, 9.17) is 4.74 Å². The van der Waals surface area contributed by atoms with Gasteiger partial charge in [-0.05, 0) is 42.3 Å². The number of halogens is 4. The molecule has 10 nitrogen and oxygen atoms in total. The van der Waals surface area contributed by atoms with Crippen LogP contribution in [-0.2, 0) is 20.8 Å². The molecule has 0 saturated carbocycles. The predicted molar refractivity (Wildman–Crippen MR) is 136 cm³/mol. The van der Waals surface area contributed by atoms with Crippen LogP contribution >= 0.6 is 11.6 Å². The van der Waals surface area contributed by atoms with Crippen molar-refractivity contribution >= 4 is 40.4 Å². The van der Waals surface area contributed by atoms with Gasteiger partial charge in [-0.1, -0.05) is 19.1 Å². The van der Waals surface area contributed by atoms with Crippen LogP contribution in [0.15, 0.2) is 47.6 Å². The van der Waals surface area contributed by atoms with Crippen LogP contribution in [0.4, 0.5) is 28.4 Å². The van der Waals surface area contributed by atoms with Crippen LogP contribution in [0.3, 0.4) is 0 Å². The second-order valence-electron chi connectivity index (χ2n) is 7.91. The second-order valence-corrected chi connectivity index (χ2v) is 8.22. The number of hydrazone groups is 1. The fourth-order valence-corrected chi connectivity index (χ4v) is 3.51. The van der Waals surface area contributed by atoms with E-state index in [2.05, 4.69) is 36.2 Å². The normalized spacial score (nSPS) is 14.9. The van der Waals surface area contributed by atoms with Crippen LogP contribution in [0, 0.1) is 5.92 Å². The highest BCUT2D eigenvalue weighted by atomic mass is 35.5. The van der Waals surface area contributed by atoms with Crippen molar-refractivity contribution in [3.63, 3.8) is 0 Å². The van der Waals surface area contributed by atoms with Crippen molar-refractivity contribution in [3.05, 3.63) is 53.6 Å². The molecule has 0 bridgehead atoms. The van der Waals surface area contributed by atoms with Gasteiger partial charge in [-0.3, -0.25) is 10.1 Å². The number of methoxy groups -OCH3 is 3. The maximum atomic E-state index is 12.9. The van der Waals surface area contributed by atoms with E-state index < -0.39 is 23.6 Å². The first-order valence-corrected chi connectivity index (χ1v) is 11.8. The number of carbonyl (C=O) groups excluding carboxylic acids is 3. The lowest BCUT2D eigenvalue weighted by atomic mass is 9.89. The number of ether oxygens (including phenoxy) is 4. The van der Waals surface area contributed by atoms with Gasteiger partial charge in [0.15, 0.2) is 11.5 Å². The molecule has 1 N–H and O–H groups in total. The Balaban J connectivity index is 0.000000976. The van der Waals surface area contributed by atoms with Gasteiger partial charge in [-0.2, -0.15) is 5.10 Å². The number of nitrogens with zero attached hydrogens (tertiary/aromatic N) is 2. The average molecular weight is 574 g/mol. The van der Waals surface area contributed by atoms with Gasteiger partial charge in [-0.15, -0.1) is 13.2 Å². The molecule has 0 aromatic heterocycles. The van der Waals surface area contributed by atoms with Crippen molar-refractivity contribution in [3.8, 4) is 11.5 Å². The molecule has 3 rings (SSSR count). The quantitative estimate of drug-likeness (QED) is 0.408. The molecule has 0 fully saturated rings. The summed E-state index contributed by atoms with van der Waals surface area (Å²) in [4.78, 5) is 33.4. The molecule has 1 aliphatic rings. The molecule has 0 radical (unpaired) electrons. The van der Waals surface area contributed by atoms with Crippen LogP contribution in [0.2, 0.25) is 0 Å². The zero-order chi connectivity index (χ0) is 29.2. The Hall–Kier alpha value is -4.00. The molecule has 1 heterocycles. The van der Waals surface area contributed by atoms with Gasteiger partial charge in [0.1, 0.15) is 0 Å². The summed E-state index contributed by atoms with van der Waals surface area (Å²) in [6, 6.07) is 10.9. The molecule has 1 unspecified atom stereocenters. The highest BCUT2D eigenvalue weighted by Gasteiger charge is 2.34. The van der Waals surface area contributed by atoms with E-state index in [1.807, 2.05) is 6.92 Å². The number of carbonyl (C=O) groups is 3. The Kier molecular flexibility index (Phi) is 11.4. The summed E-state index contributed by atoms with van der Waals surface area (Å²) in [5.41, 5.74) is 1.39. The third-order valence-electron chi connectivity index (χ3n) is 5.38. The number of anilines is 1. The molecule has 39 heavy (non-hydrogen) atoms. The Labute approximate surface area is 227 Å². The van der Waals surface area contributed by atoms with E-state index in [9.17, 15) is 27.6 Å². The Morgan fingerprint density at radius 3 is 2.23 bits per heavy atom. The SMILES string of the molecule is CCC1CC(=O)N(Cc2ccc(NC(=O)OC)cc2)N=C1c1ccc(OC)c(OC(F)(F)F)c1.COC(=O)Cl. The molecule has 1 aliphatic heterocycles. The number of rotatable bonds is 7. The molecule has 14 heteroatoms. The number of nitrogens with one attached hydrogen (secondary N) is 1. The molecule has 0 spiro atoms. The summed E-state index contributed by atoms with van der Waals surface area (Å²) < 4.78 is 56.1. The Morgan fingerprint density at radius 1 is 1.08 bits per heavy atom. The summed E-state index contributed by atoms with van der Waals surface area (Å²) in [6.07, 6.45) is -4.75. The lowest BCUT2D eigenvalue weighted by Gasteiger charge is -2.29. The van der Waals surface area contributed by atoms with Crippen LogP contribution in [-0.4, -0.2) is 55.8 Å². The first-order valence-electron chi connectivity index (χ1n) is 11.4. The van der Waals surface area contributed by atoms with E-state index in [0.29, 0.717) is 23.4 Å². The molecule has 1 atom stereocenters. The third kappa shape index (κ3) is 9.67. The summed E-state index contributed by atoms with van der Waals surface area (Å²) in [5, 5.41) is 8.31. The molecular formula is C25H27ClF3N3O7. The summed E-state index contributed by atoms with van der Waals surface area (Å²) in [6.45, 7) is 2.03. The largest absolute Gasteiger partial charge is 0.573 e. The second kappa shape index (κ2) is 14.2. The number of amides is 2. The third-order valence-corrected chi connectivity index (χ3v) is 5.53.